The molecule has 0 fully saturated rings. The van der Waals surface area contributed by atoms with Gasteiger partial charge in [-0.25, -0.2) is 0 Å². The van der Waals surface area contributed by atoms with E-state index in [2.05, 4.69) is 4.74 Å². The normalized spacial score (nSPS) is 13.1. The van der Waals surface area contributed by atoms with Crippen LogP contribution in [0.4, 0.5) is 0 Å². The summed E-state index contributed by atoms with van der Waals surface area (Å²) in [7, 11) is -2.03. The molecular weight excluding hydrogens is 271 g/mol. The Bertz CT molecular complexity index is 331. The van der Waals surface area contributed by atoms with Crippen LogP contribution in [0.3, 0.4) is 0 Å². The van der Waals surface area contributed by atoms with E-state index in [9.17, 15) is 14.2 Å². The van der Waals surface area contributed by atoms with Gasteiger partial charge in [-0.05, 0) is 20.3 Å². The number of carbonyl (C=O) groups excluding carboxylic acids is 2. The number of carbonyl (C=O) groups is 2. The van der Waals surface area contributed by atoms with Gasteiger partial charge >= 0.3 is 13.6 Å². The molecule has 19 heavy (non-hydrogen) atoms. The van der Waals surface area contributed by atoms with Gasteiger partial charge in [0.1, 0.15) is 11.9 Å². The average molecular weight is 294 g/mol. The summed E-state index contributed by atoms with van der Waals surface area (Å²) in [6.07, 6.45) is 0.271. The number of Topliss-reactive ketones (excluding diaryl/α,β-unsaturated/α-hetero) is 1. The molecule has 0 aromatic rings. The zero-order chi connectivity index (χ0) is 14.9. The summed E-state index contributed by atoms with van der Waals surface area (Å²) in [4.78, 5) is 22.9. The molecule has 1 atom stereocenters. The third-order valence-corrected chi connectivity index (χ3v) is 4.52. The standard InChI is InChI=1S/C12H23O6P/c1-5-17-19(15,18-6-2)9-11(13)8-7-10(3)12(14)16-4/h10H,5-9H2,1-4H3/t10-/m0/s1. The van der Waals surface area contributed by atoms with Gasteiger partial charge in [0.15, 0.2) is 0 Å². The largest absolute Gasteiger partial charge is 0.469 e. The number of ketones is 1. The predicted molar refractivity (Wildman–Crippen MR) is 71.1 cm³/mol. The second kappa shape index (κ2) is 9.23. The number of esters is 1. The molecule has 0 rings (SSSR count). The first-order valence-corrected chi connectivity index (χ1v) is 8.09. The summed E-state index contributed by atoms with van der Waals surface area (Å²) in [5.41, 5.74) is 0. The van der Waals surface area contributed by atoms with E-state index in [0.717, 1.165) is 0 Å². The molecule has 0 saturated carbocycles. The van der Waals surface area contributed by atoms with Crippen LogP contribution < -0.4 is 0 Å². The summed E-state index contributed by atoms with van der Waals surface area (Å²) in [5.74, 6) is -0.945. The van der Waals surface area contributed by atoms with Crippen LogP contribution in [0.5, 0.6) is 0 Å². The first-order valence-electron chi connectivity index (χ1n) is 6.36. The Hall–Kier alpha value is -0.710. The van der Waals surface area contributed by atoms with Crippen molar-refractivity contribution in [3.63, 3.8) is 0 Å². The van der Waals surface area contributed by atoms with Gasteiger partial charge in [-0.3, -0.25) is 14.2 Å². The van der Waals surface area contributed by atoms with E-state index < -0.39 is 7.60 Å². The maximum atomic E-state index is 12.1. The minimum atomic E-state index is -3.33. The average Bonchev–Trinajstić information content (AvgIpc) is 2.35. The Morgan fingerprint density at radius 1 is 1.16 bits per heavy atom. The number of rotatable bonds is 10. The second-order valence-corrected chi connectivity index (χ2v) is 6.16. The lowest BCUT2D eigenvalue weighted by Gasteiger charge is -2.16. The fourth-order valence-corrected chi connectivity index (χ4v) is 3.15. The molecule has 0 radical (unpaired) electrons. The van der Waals surface area contributed by atoms with Crippen LogP contribution in [-0.2, 0) is 27.9 Å². The summed E-state index contributed by atoms with van der Waals surface area (Å²) < 4.78 is 26.7. The van der Waals surface area contributed by atoms with Gasteiger partial charge in [0.05, 0.1) is 26.2 Å². The molecule has 7 heteroatoms. The third kappa shape index (κ3) is 7.45. The van der Waals surface area contributed by atoms with Gasteiger partial charge in [0.25, 0.3) is 0 Å². The van der Waals surface area contributed by atoms with Crippen molar-refractivity contribution in [2.24, 2.45) is 5.92 Å². The minimum Gasteiger partial charge on any atom is -0.469 e. The molecule has 112 valence electrons. The molecule has 0 unspecified atom stereocenters. The molecule has 0 N–H and O–H groups in total. The van der Waals surface area contributed by atoms with E-state index >= 15 is 0 Å². The minimum absolute atomic E-state index is 0.153. The summed E-state index contributed by atoms with van der Waals surface area (Å²) in [6, 6.07) is 0. The molecule has 0 amide bonds. The monoisotopic (exact) mass is 294 g/mol. The lowest BCUT2D eigenvalue weighted by Crippen LogP contribution is -2.16. The van der Waals surface area contributed by atoms with Crippen LogP contribution >= 0.6 is 7.60 Å². The van der Waals surface area contributed by atoms with Gasteiger partial charge in [-0.2, -0.15) is 0 Å². The number of methoxy groups -OCH3 is 1. The van der Waals surface area contributed by atoms with Crippen molar-refractivity contribution in [2.45, 2.75) is 33.6 Å². The Balaban J connectivity index is 4.28. The number of hydrogen-bond donors (Lipinski definition) is 0. The van der Waals surface area contributed by atoms with E-state index in [0.29, 0.717) is 6.42 Å². The van der Waals surface area contributed by atoms with E-state index in [-0.39, 0.29) is 43.5 Å². The molecule has 0 saturated heterocycles. The van der Waals surface area contributed by atoms with Gasteiger partial charge in [-0.15, -0.1) is 0 Å². The second-order valence-electron chi connectivity index (χ2n) is 4.11. The maximum Gasteiger partial charge on any atom is 0.338 e. The van der Waals surface area contributed by atoms with E-state index in [1.807, 2.05) is 0 Å². The fourth-order valence-electron chi connectivity index (χ4n) is 1.51. The highest BCUT2D eigenvalue weighted by atomic mass is 31.2. The Morgan fingerprint density at radius 2 is 1.68 bits per heavy atom. The highest BCUT2D eigenvalue weighted by Crippen LogP contribution is 2.48. The summed E-state index contributed by atoms with van der Waals surface area (Å²) in [5, 5.41) is 0. The third-order valence-electron chi connectivity index (χ3n) is 2.48. The Morgan fingerprint density at radius 3 is 2.11 bits per heavy atom. The molecule has 0 aromatic carbocycles. The van der Waals surface area contributed by atoms with Gasteiger partial charge in [-0.1, -0.05) is 6.92 Å². The van der Waals surface area contributed by atoms with E-state index in [1.165, 1.54) is 7.11 Å². The van der Waals surface area contributed by atoms with Crippen LogP contribution in [0.15, 0.2) is 0 Å². The number of ether oxygens (including phenoxy) is 1. The lowest BCUT2D eigenvalue weighted by molar-refractivity contribution is -0.145. The molecule has 6 nitrogen and oxygen atoms in total. The first-order chi connectivity index (χ1) is 8.88. The van der Waals surface area contributed by atoms with Crippen molar-refractivity contribution in [3.05, 3.63) is 0 Å². The number of hydrogen-bond acceptors (Lipinski definition) is 6. The Labute approximate surface area is 114 Å². The fraction of sp³-hybridized carbons (Fsp3) is 0.833. The highest BCUT2D eigenvalue weighted by Gasteiger charge is 2.27. The SMILES string of the molecule is CCOP(=O)(CC(=O)CC[C@H](C)C(=O)OC)OCC. The zero-order valence-corrected chi connectivity index (χ0v) is 12.9. The topological polar surface area (TPSA) is 78.9 Å². The molecule has 0 aliphatic heterocycles. The molecular formula is C12H23O6P. The molecule has 0 aliphatic carbocycles. The van der Waals surface area contributed by atoms with Crippen molar-refractivity contribution in [1.29, 1.82) is 0 Å². The van der Waals surface area contributed by atoms with E-state index in [4.69, 9.17) is 9.05 Å². The van der Waals surface area contributed by atoms with Gasteiger partial charge in [0.2, 0.25) is 0 Å². The highest BCUT2D eigenvalue weighted by molar-refractivity contribution is 7.54. The van der Waals surface area contributed by atoms with Gasteiger partial charge < -0.3 is 13.8 Å². The smallest absolute Gasteiger partial charge is 0.338 e. The maximum absolute atomic E-state index is 12.1. The molecule has 0 heterocycles. The van der Waals surface area contributed by atoms with Crippen molar-refractivity contribution in [3.8, 4) is 0 Å². The first kappa shape index (κ1) is 18.3. The molecule has 0 bridgehead atoms. The van der Waals surface area contributed by atoms with Crippen molar-refractivity contribution in [2.75, 3.05) is 26.5 Å². The van der Waals surface area contributed by atoms with Crippen molar-refractivity contribution >= 4 is 19.3 Å². The molecule has 0 aliphatic rings. The Kier molecular flexibility index (Phi) is 8.89. The quantitative estimate of drug-likeness (QED) is 0.455. The van der Waals surface area contributed by atoms with Gasteiger partial charge in [0, 0.05) is 6.42 Å². The molecule has 0 spiro atoms. The van der Waals surface area contributed by atoms with Crippen LogP contribution in [0.2, 0.25) is 0 Å². The summed E-state index contributed by atoms with van der Waals surface area (Å²) >= 11 is 0. The van der Waals surface area contributed by atoms with Crippen LogP contribution in [0.25, 0.3) is 0 Å². The van der Waals surface area contributed by atoms with Crippen LogP contribution in [0, 0.1) is 5.92 Å². The van der Waals surface area contributed by atoms with Crippen LogP contribution in [0.1, 0.15) is 33.6 Å². The van der Waals surface area contributed by atoms with Crippen molar-refractivity contribution < 1.29 is 27.9 Å². The van der Waals surface area contributed by atoms with Crippen molar-refractivity contribution in [1.82, 2.24) is 0 Å². The van der Waals surface area contributed by atoms with E-state index in [1.54, 1.807) is 20.8 Å². The van der Waals surface area contributed by atoms with Crippen LogP contribution in [-0.4, -0.2) is 38.2 Å². The summed E-state index contributed by atoms with van der Waals surface area (Å²) in [6.45, 7) is 5.51. The predicted octanol–water partition coefficient (Wildman–Crippen LogP) is 2.41. The zero-order valence-electron chi connectivity index (χ0n) is 12.0. The molecule has 0 aromatic heterocycles. The lowest BCUT2D eigenvalue weighted by atomic mass is 10.0.